The van der Waals surface area contributed by atoms with Crippen LogP contribution in [0, 0.1) is 0 Å². The molecule has 0 aromatic rings. The molecule has 1 N–H and O–H groups in total. The molecule has 0 saturated heterocycles. The molecule has 0 atom stereocenters. The Bertz CT molecular complexity index is 322. The van der Waals surface area contributed by atoms with Crippen LogP contribution >= 0.6 is 12.4 Å². The van der Waals surface area contributed by atoms with E-state index < -0.39 is 24.8 Å². The number of carboxylic acid groups (broad SMARTS) is 1. The van der Waals surface area contributed by atoms with Crippen LogP contribution in [0.2, 0.25) is 17.5 Å². The Labute approximate surface area is 200 Å². The standard InChI is InChI=1S/3C8H17.C2H3O2.ClH.Sb/c3*1-3-5-7-8-6-4-2;1-2(3)4;;/h3*1,3-8H2,2H3;1H2,(H,3,4);1H;. The van der Waals surface area contributed by atoms with Crippen LogP contribution in [0.4, 0.5) is 0 Å². The second kappa shape index (κ2) is 24.2. The van der Waals surface area contributed by atoms with Crippen molar-refractivity contribution in [2.45, 2.75) is 154 Å². The van der Waals surface area contributed by atoms with Crippen molar-refractivity contribution in [3.05, 3.63) is 0 Å². The van der Waals surface area contributed by atoms with E-state index in [4.69, 9.17) is 0 Å². The molecule has 0 aromatic carbocycles. The van der Waals surface area contributed by atoms with E-state index in [1.165, 1.54) is 129 Å². The average Bonchev–Trinajstić information content (AvgIpc) is 2.69. The summed E-state index contributed by atoms with van der Waals surface area (Å²) in [6.07, 6.45) is 24.1. The fraction of sp³-hybridized carbons (Fsp3) is 0.962. The number of hydrogen-bond donors (Lipinski definition) is 1. The summed E-state index contributed by atoms with van der Waals surface area (Å²) in [6, 6.07) is 0. The molecule has 4 heteroatoms. The maximum atomic E-state index is 11.8. The average molecular weight is 557 g/mol. The second-order valence-electron chi connectivity index (χ2n) is 9.37. The van der Waals surface area contributed by atoms with Crippen molar-refractivity contribution in [3.8, 4) is 0 Å². The molecular formula is C26H55ClO2Sb. The second-order valence-corrected chi connectivity index (χ2v) is 21.8. The van der Waals surface area contributed by atoms with Crippen molar-refractivity contribution >= 4 is 37.2 Å². The number of unbranched alkanes of at least 4 members (excludes halogenated alkanes) is 15. The minimum Gasteiger partial charge on any atom is -0.147 e. The van der Waals surface area contributed by atoms with E-state index in [9.17, 15) is 9.90 Å². The third-order valence-electron chi connectivity index (χ3n) is 6.43. The van der Waals surface area contributed by atoms with Gasteiger partial charge in [0.25, 0.3) is 0 Å². The molecule has 1 radical (unpaired) electrons. The van der Waals surface area contributed by atoms with Gasteiger partial charge in [0.1, 0.15) is 0 Å². The first-order chi connectivity index (χ1) is 14.1. The van der Waals surface area contributed by atoms with Crippen molar-refractivity contribution in [3.63, 3.8) is 0 Å². The van der Waals surface area contributed by atoms with Crippen LogP contribution in [0.5, 0.6) is 0 Å². The summed E-state index contributed by atoms with van der Waals surface area (Å²) in [4.78, 5) is 11.8. The van der Waals surface area contributed by atoms with E-state index in [1.54, 1.807) is 0 Å². The van der Waals surface area contributed by atoms with Crippen LogP contribution in [0.3, 0.4) is 0 Å². The van der Waals surface area contributed by atoms with Crippen LogP contribution in [-0.2, 0) is 4.79 Å². The van der Waals surface area contributed by atoms with Gasteiger partial charge in [-0.15, -0.1) is 12.4 Å². The predicted octanol–water partition coefficient (Wildman–Crippen LogP) is 10.0. The van der Waals surface area contributed by atoms with Gasteiger partial charge >= 0.3 is 188 Å². The van der Waals surface area contributed by atoms with Crippen molar-refractivity contribution in [2.75, 3.05) is 0 Å². The minimum absolute atomic E-state index is 0. The molecule has 30 heavy (non-hydrogen) atoms. The van der Waals surface area contributed by atoms with Gasteiger partial charge in [0.15, 0.2) is 0 Å². The number of halogens is 1. The Morgan fingerprint density at radius 1 is 0.533 bits per heavy atom. The third kappa shape index (κ3) is 20.5. The monoisotopic (exact) mass is 555 g/mol. The first-order valence-electron chi connectivity index (χ1n) is 13.2. The van der Waals surface area contributed by atoms with Crippen molar-refractivity contribution in [1.29, 1.82) is 0 Å². The summed E-state index contributed by atoms with van der Waals surface area (Å²) in [5.74, 6) is -0.487. The molecule has 0 rings (SSSR count). The van der Waals surface area contributed by atoms with Crippen LogP contribution in [-0.4, -0.2) is 29.9 Å². The third-order valence-corrected chi connectivity index (χ3v) is 19.9. The number of carboxylic acids is 1. The van der Waals surface area contributed by atoms with Gasteiger partial charge in [-0.2, -0.15) is 0 Å². The van der Waals surface area contributed by atoms with Crippen molar-refractivity contribution in [1.82, 2.24) is 0 Å². The Hall–Kier alpha value is 0.578. The van der Waals surface area contributed by atoms with E-state index in [1.807, 2.05) is 0 Å². The van der Waals surface area contributed by atoms with Crippen molar-refractivity contribution < 1.29 is 9.90 Å². The molecule has 0 bridgehead atoms. The van der Waals surface area contributed by atoms with Gasteiger partial charge in [-0.1, -0.05) is 0 Å². The molecule has 0 saturated carbocycles. The van der Waals surface area contributed by atoms with Gasteiger partial charge in [0.2, 0.25) is 0 Å². The Morgan fingerprint density at radius 3 is 1.07 bits per heavy atom. The Balaban J connectivity index is 0. The number of carbonyl (C=O) groups is 1. The van der Waals surface area contributed by atoms with E-state index in [2.05, 4.69) is 20.8 Å². The summed E-state index contributed by atoms with van der Waals surface area (Å²) in [6.45, 7) is 6.82. The first kappa shape index (κ1) is 32.8. The topological polar surface area (TPSA) is 37.3 Å². The number of rotatable bonds is 23. The minimum atomic E-state index is -2.42. The maximum Gasteiger partial charge on any atom is -0.147 e. The molecule has 0 unspecified atom stereocenters. The molecule has 0 aliphatic heterocycles. The van der Waals surface area contributed by atoms with E-state index in [-0.39, 0.29) is 12.4 Å². The Kier molecular flexibility index (Phi) is 26.5. The molecule has 183 valence electrons. The van der Waals surface area contributed by atoms with Crippen LogP contribution in [0.1, 0.15) is 136 Å². The fourth-order valence-electron chi connectivity index (χ4n) is 4.54. The van der Waals surface area contributed by atoms with Gasteiger partial charge in [0, 0.05) is 0 Å². The molecule has 0 aromatic heterocycles. The van der Waals surface area contributed by atoms with Crippen LogP contribution in [0.15, 0.2) is 0 Å². The summed E-state index contributed by atoms with van der Waals surface area (Å²) in [7, 11) is 0. The normalized spacial score (nSPS) is 11.4. The van der Waals surface area contributed by atoms with Crippen molar-refractivity contribution in [2.24, 2.45) is 0 Å². The molecule has 2 nitrogen and oxygen atoms in total. The fourth-order valence-corrected chi connectivity index (χ4v) is 17.1. The first-order valence-corrected chi connectivity index (χ1v) is 20.4. The molecule has 0 fully saturated rings. The zero-order chi connectivity index (χ0) is 21.6. The van der Waals surface area contributed by atoms with Gasteiger partial charge in [0.05, 0.1) is 0 Å². The summed E-state index contributed by atoms with van der Waals surface area (Å²) < 4.78 is 4.60. The smallest absolute Gasteiger partial charge is 0.147 e. The predicted molar refractivity (Wildman–Crippen MR) is 140 cm³/mol. The Morgan fingerprint density at radius 2 is 0.800 bits per heavy atom. The number of hydrogen-bond acceptors (Lipinski definition) is 1. The van der Waals surface area contributed by atoms with Gasteiger partial charge in [-0.3, -0.25) is 0 Å². The summed E-state index contributed by atoms with van der Waals surface area (Å²) in [5.41, 5.74) is 0. The maximum absolute atomic E-state index is 11.8. The molecule has 0 heterocycles. The van der Waals surface area contributed by atoms with Gasteiger partial charge in [-0.25, -0.2) is 0 Å². The zero-order valence-electron chi connectivity index (χ0n) is 20.8. The zero-order valence-corrected chi connectivity index (χ0v) is 24.1. The quantitative estimate of drug-likeness (QED) is 0.100. The van der Waals surface area contributed by atoms with E-state index in [0.717, 1.165) is 0 Å². The molecule has 0 aliphatic rings. The summed E-state index contributed by atoms with van der Waals surface area (Å²) in [5, 5.41) is 9.72. The largest absolute Gasteiger partial charge is 0.147 e. The molecule has 0 aliphatic carbocycles. The van der Waals surface area contributed by atoms with Gasteiger partial charge < -0.3 is 0 Å². The number of aliphatic carboxylic acids is 1. The van der Waals surface area contributed by atoms with Gasteiger partial charge in [-0.05, 0) is 0 Å². The van der Waals surface area contributed by atoms with Crippen LogP contribution in [0.25, 0.3) is 0 Å². The molecule has 0 spiro atoms. The van der Waals surface area contributed by atoms with Crippen LogP contribution < -0.4 is 0 Å². The van der Waals surface area contributed by atoms with E-state index in [0.29, 0.717) is 4.37 Å². The molecule has 0 amide bonds. The summed E-state index contributed by atoms with van der Waals surface area (Å²) >= 11 is -2.42. The van der Waals surface area contributed by atoms with E-state index >= 15 is 0 Å². The molecular weight excluding hydrogens is 501 g/mol. The SMILES string of the molecule is CCCCCCC[CH2][Sb]([CH2]CCCCCCC)([CH2]CCCCCCC)[CH2]C(=O)O.Cl.